The Bertz CT molecular complexity index is 1480. The van der Waals surface area contributed by atoms with Gasteiger partial charge in [-0.05, 0) is 50.8 Å². The normalized spacial score (nSPS) is 15.9. The summed E-state index contributed by atoms with van der Waals surface area (Å²) < 4.78 is 12.4. The van der Waals surface area contributed by atoms with Crippen molar-refractivity contribution in [3.63, 3.8) is 0 Å². The van der Waals surface area contributed by atoms with Crippen LogP contribution >= 0.6 is 23.1 Å². The zero-order valence-electron chi connectivity index (χ0n) is 18.8. The van der Waals surface area contributed by atoms with Crippen LogP contribution in [0.25, 0.3) is 6.08 Å². The molecule has 1 aliphatic heterocycles. The lowest BCUT2D eigenvalue weighted by Crippen LogP contribution is -2.40. The van der Waals surface area contributed by atoms with Crippen LogP contribution in [0.15, 0.2) is 66.8 Å². The minimum atomic E-state index is -0.730. The Balaban J connectivity index is 1.91. The number of carbonyl (C=O) groups excluding carboxylic acids is 1. The maximum atomic E-state index is 13.5. The first-order valence-corrected chi connectivity index (χ1v) is 12.4. The van der Waals surface area contributed by atoms with Crippen molar-refractivity contribution >= 4 is 41.0 Å². The van der Waals surface area contributed by atoms with Crippen molar-refractivity contribution in [2.45, 2.75) is 37.8 Å². The average Bonchev–Trinajstić information content (AvgIpc) is 3.37. The van der Waals surface area contributed by atoms with Gasteiger partial charge in [-0.15, -0.1) is 11.8 Å². The van der Waals surface area contributed by atoms with E-state index in [1.807, 2.05) is 30.5 Å². The van der Waals surface area contributed by atoms with E-state index in [2.05, 4.69) is 4.99 Å². The van der Waals surface area contributed by atoms with Gasteiger partial charge in [0.25, 0.3) is 5.56 Å². The molecule has 4 rings (SSSR count). The number of thioether (sulfide) groups is 1. The van der Waals surface area contributed by atoms with Crippen LogP contribution in [0.5, 0.6) is 0 Å². The van der Waals surface area contributed by atoms with Crippen LogP contribution < -0.4 is 14.9 Å². The molecule has 0 spiro atoms. The molecule has 3 heterocycles. The van der Waals surface area contributed by atoms with Crippen molar-refractivity contribution in [1.29, 1.82) is 0 Å². The molecule has 0 fully saturated rings. The van der Waals surface area contributed by atoms with E-state index in [1.54, 1.807) is 32.5 Å². The summed E-state index contributed by atoms with van der Waals surface area (Å²) in [6.07, 6.45) is 3.06. The highest BCUT2D eigenvalue weighted by molar-refractivity contribution is 7.98. The number of nitro groups is 1. The summed E-state index contributed by atoms with van der Waals surface area (Å²) in [5, 5.41) is 10.9. The first kappa shape index (κ1) is 23.7. The Hall–Kier alpha value is -3.44. The Morgan fingerprint density at radius 3 is 2.59 bits per heavy atom. The number of thiazole rings is 1. The number of allylic oxidation sites excluding steroid dienone is 1. The van der Waals surface area contributed by atoms with E-state index in [0.717, 1.165) is 21.8 Å². The number of hydrogen-bond acceptors (Lipinski definition) is 9. The third kappa shape index (κ3) is 4.48. The number of aromatic nitrogens is 1. The van der Waals surface area contributed by atoms with Crippen molar-refractivity contribution in [1.82, 2.24) is 4.57 Å². The zero-order valence-corrected chi connectivity index (χ0v) is 20.4. The van der Waals surface area contributed by atoms with Crippen LogP contribution in [-0.4, -0.2) is 27.8 Å². The van der Waals surface area contributed by atoms with Gasteiger partial charge >= 0.3 is 11.9 Å². The highest BCUT2D eigenvalue weighted by Crippen LogP contribution is 2.32. The second-order valence-electron chi connectivity index (χ2n) is 7.74. The van der Waals surface area contributed by atoms with Gasteiger partial charge in [-0.25, -0.2) is 9.79 Å². The molecular weight excluding hydrogens is 478 g/mol. The zero-order chi connectivity index (χ0) is 24.6. The average molecular weight is 500 g/mol. The Kier molecular flexibility index (Phi) is 6.58. The van der Waals surface area contributed by atoms with Gasteiger partial charge in [0.15, 0.2) is 4.80 Å². The summed E-state index contributed by atoms with van der Waals surface area (Å²) in [5.74, 6) is -0.778. The number of fused-ring (bicyclic) bond motifs is 1. The van der Waals surface area contributed by atoms with E-state index in [9.17, 15) is 19.7 Å². The van der Waals surface area contributed by atoms with Crippen molar-refractivity contribution in [2.75, 3.05) is 6.26 Å². The molecule has 0 unspecified atom stereocenters. The number of benzene rings is 1. The van der Waals surface area contributed by atoms with Crippen LogP contribution in [0.1, 0.15) is 38.1 Å². The Labute approximate surface area is 202 Å². The third-order valence-corrected chi connectivity index (χ3v) is 6.81. The lowest BCUT2D eigenvalue weighted by atomic mass is 9.96. The monoisotopic (exact) mass is 499 g/mol. The Morgan fingerprint density at radius 2 is 2.00 bits per heavy atom. The fraction of sp³-hybridized carbons (Fsp3) is 0.261. The summed E-state index contributed by atoms with van der Waals surface area (Å²) >= 11 is 2.71. The second kappa shape index (κ2) is 9.43. The first-order chi connectivity index (χ1) is 16.2. The summed E-state index contributed by atoms with van der Waals surface area (Å²) in [5.41, 5.74) is 1.11. The number of hydrogen-bond donors (Lipinski definition) is 0. The van der Waals surface area contributed by atoms with Crippen LogP contribution in [0.2, 0.25) is 0 Å². The van der Waals surface area contributed by atoms with Crippen LogP contribution in [0.4, 0.5) is 5.88 Å². The molecule has 0 aliphatic carbocycles. The van der Waals surface area contributed by atoms with E-state index in [-0.39, 0.29) is 27.5 Å². The van der Waals surface area contributed by atoms with E-state index in [4.69, 9.17) is 9.15 Å². The van der Waals surface area contributed by atoms with E-state index < -0.39 is 22.8 Å². The SMILES string of the molecule is CSc1ccc([C@H]2C(C(=O)OC(C)C)=C(C)N=c3s/c(=C\c4ccc([N+](=O)[O-])o4)c(=O)n32)cc1. The van der Waals surface area contributed by atoms with Gasteiger partial charge < -0.3 is 9.15 Å². The number of esters is 1. The van der Waals surface area contributed by atoms with E-state index in [0.29, 0.717) is 10.5 Å². The molecule has 0 saturated heterocycles. The number of carbonyl (C=O) groups is 1. The van der Waals surface area contributed by atoms with E-state index in [1.165, 1.54) is 22.8 Å². The quantitative estimate of drug-likeness (QED) is 0.221. The van der Waals surface area contributed by atoms with Gasteiger partial charge in [-0.2, -0.15) is 0 Å². The summed E-state index contributed by atoms with van der Waals surface area (Å²) in [7, 11) is 0. The van der Waals surface area contributed by atoms with Crippen molar-refractivity contribution in [3.8, 4) is 0 Å². The number of rotatable bonds is 6. The topological polar surface area (TPSA) is 117 Å². The molecule has 0 bridgehead atoms. The van der Waals surface area contributed by atoms with Gasteiger partial charge in [0.05, 0.1) is 34.0 Å². The third-order valence-electron chi connectivity index (χ3n) is 5.08. The smallest absolute Gasteiger partial charge is 0.433 e. The summed E-state index contributed by atoms with van der Waals surface area (Å²) in [6.45, 7) is 5.23. The number of ether oxygens (including phenoxy) is 1. The molecule has 2 aromatic heterocycles. The van der Waals surface area contributed by atoms with Crippen molar-refractivity contribution < 1.29 is 18.9 Å². The molecule has 34 heavy (non-hydrogen) atoms. The van der Waals surface area contributed by atoms with Crippen LogP contribution in [0.3, 0.4) is 0 Å². The molecule has 0 radical (unpaired) electrons. The van der Waals surface area contributed by atoms with Crippen LogP contribution in [0, 0.1) is 10.1 Å². The molecule has 0 N–H and O–H groups in total. The molecule has 0 amide bonds. The number of furan rings is 1. The van der Waals surface area contributed by atoms with E-state index >= 15 is 0 Å². The summed E-state index contributed by atoms with van der Waals surface area (Å²) in [4.78, 5) is 42.8. The predicted molar refractivity (Wildman–Crippen MR) is 129 cm³/mol. The molecule has 11 heteroatoms. The van der Waals surface area contributed by atoms with Crippen LogP contribution in [-0.2, 0) is 9.53 Å². The van der Waals surface area contributed by atoms with Gasteiger partial charge in [-0.1, -0.05) is 23.5 Å². The molecule has 9 nitrogen and oxygen atoms in total. The lowest BCUT2D eigenvalue weighted by molar-refractivity contribution is -0.402. The molecule has 0 saturated carbocycles. The predicted octanol–water partition coefficient (Wildman–Crippen LogP) is 3.41. The minimum absolute atomic E-state index is 0.174. The second-order valence-corrected chi connectivity index (χ2v) is 9.63. The largest absolute Gasteiger partial charge is 0.459 e. The molecule has 1 atom stereocenters. The molecular formula is C23H21N3O6S2. The Morgan fingerprint density at radius 1 is 1.29 bits per heavy atom. The number of nitrogens with zero attached hydrogens (tertiary/aromatic N) is 3. The fourth-order valence-corrected chi connectivity index (χ4v) is 5.04. The van der Waals surface area contributed by atoms with Crippen molar-refractivity contribution in [3.05, 3.63) is 88.8 Å². The minimum Gasteiger partial charge on any atom is -0.459 e. The first-order valence-electron chi connectivity index (χ1n) is 10.3. The fourth-order valence-electron chi connectivity index (χ4n) is 3.61. The van der Waals surface area contributed by atoms with Crippen molar-refractivity contribution in [2.24, 2.45) is 4.99 Å². The standard InChI is InChI=1S/C23H21N3O6S2/c1-12(2)31-22(28)19-13(3)24-23-25(20(19)14-5-8-16(33-4)9-6-14)21(27)17(34-23)11-15-7-10-18(32-15)26(29)30/h5-12,20H,1-4H3/b17-11-/t20-/m0/s1. The highest BCUT2D eigenvalue weighted by Gasteiger charge is 2.33. The van der Waals surface area contributed by atoms with Gasteiger partial charge in [0.1, 0.15) is 10.7 Å². The highest BCUT2D eigenvalue weighted by atomic mass is 32.2. The van der Waals surface area contributed by atoms with Gasteiger partial charge in [-0.3, -0.25) is 19.5 Å². The molecule has 1 aliphatic rings. The maximum Gasteiger partial charge on any atom is 0.433 e. The lowest BCUT2D eigenvalue weighted by Gasteiger charge is -2.25. The summed E-state index contributed by atoms with van der Waals surface area (Å²) in [6, 6.07) is 9.54. The molecule has 1 aromatic carbocycles. The molecule has 3 aromatic rings. The maximum absolute atomic E-state index is 13.5. The molecule has 176 valence electrons. The van der Waals surface area contributed by atoms with Gasteiger partial charge in [0.2, 0.25) is 0 Å². The van der Waals surface area contributed by atoms with Gasteiger partial charge in [0, 0.05) is 11.0 Å².